The van der Waals surface area contributed by atoms with Crippen LogP contribution in [0.5, 0.6) is 0 Å². The van der Waals surface area contributed by atoms with E-state index in [1.165, 1.54) is 14.0 Å². The van der Waals surface area contributed by atoms with Gasteiger partial charge in [-0.05, 0) is 19.3 Å². The van der Waals surface area contributed by atoms with Crippen LogP contribution in [0, 0.1) is 5.92 Å². The quantitative estimate of drug-likeness (QED) is 0.639. The number of carbonyl (C=O) groups is 3. The fraction of sp³-hybridized carbons (Fsp3) is 0.727. The molecule has 0 rings (SSSR count). The van der Waals surface area contributed by atoms with Crippen LogP contribution in [0.2, 0.25) is 0 Å². The van der Waals surface area contributed by atoms with Crippen LogP contribution in [0.3, 0.4) is 0 Å². The predicted molar refractivity (Wildman–Crippen MR) is 60.8 cm³/mol. The van der Waals surface area contributed by atoms with E-state index in [1.807, 2.05) is 13.8 Å². The summed E-state index contributed by atoms with van der Waals surface area (Å²) in [5.41, 5.74) is 0. The molecule has 0 saturated carbocycles. The van der Waals surface area contributed by atoms with Gasteiger partial charge in [-0.15, -0.1) is 0 Å². The van der Waals surface area contributed by atoms with E-state index in [0.29, 0.717) is 12.3 Å². The molecule has 0 aliphatic rings. The van der Waals surface area contributed by atoms with E-state index in [0.717, 1.165) is 0 Å². The highest BCUT2D eigenvalue weighted by molar-refractivity contribution is 5.98. The third kappa shape index (κ3) is 6.16. The summed E-state index contributed by atoms with van der Waals surface area (Å²) in [6.45, 7) is 5.27. The van der Waals surface area contributed by atoms with Gasteiger partial charge in [0, 0.05) is 7.05 Å². The van der Waals surface area contributed by atoms with Gasteiger partial charge in [0.15, 0.2) is 0 Å². The molecule has 0 radical (unpaired) electrons. The van der Waals surface area contributed by atoms with Gasteiger partial charge < -0.3 is 10.6 Å². The monoisotopic (exact) mass is 228 g/mol. The van der Waals surface area contributed by atoms with Gasteiger partial charge in [-0.2, -0.15) is 0 Å². The molecule has 1 unspecified atom stereocenters. The average molecular weight is 228 g/mol. The zero-order chi connectivity index (χ0) is 12.7. The molecule has 92 valence electrons. The number of ketones is 1. The van der Waals surface area contributed by atoms with Gasteiger partial charge in [-0.25, -0.2) is 0 Å². The minimum atomic E-state index is -0.558. The van der Waals surface area contributed by atoms with Crippen molar-refractivity contribution < 1.29 is 14.4 Å². The number of Topliss-reactive ketones (excluding diaryl/α,β-unsaturated/α-hetero) is 1. The normalized spacial score (nSPS) is 12.1. The highest BCUT2D eigenvalue weighted by Gasteiger charge is 2.20. The Morgan fingerprint density at radius 1 is 1.19 bits per heavy atom. The minimum absolute atomic E-state index is 0.175. The van der Waals surface area contributed by atoms with Crippen LogP contribution >= 0.6 is 0 Å². The van der Waals surface area contributed by atoms with E-state index in [4.69, 9.17) is 0 Å². The topological polar surface area (TPSA) is 75.3 Å². The third-order valence-corrected chi connectivity index (χ3v) is 2.01. The second kappa shape index (κ2) is 6.98. The molecule has 5 heteroatoms. The van der Waals surface area contributed by atoms with Crippen molar-refractivity contribution >= 4 is 17.6 Å². The maximum atomic E-state index is 11.5. The Morgan fingerprint density at radius 3 is 2.12 bits per heavy atom. The largest absolute Gasteiger partial charge is 0.357 e. The van der Waals surface area contributed by atoms with E-state index >= 15 is 0 Å². The lowest BCUT2D eigenvalue weighted by Crippen LogP contribution is -2.46. The zero-order valence-corrected chi connectivity index (χ0v) is 10.3. The number of hydrogen-bond donors (Lipinski definition) is 2. The maximum absolute atomic E-state index is 11.5. The molecule has 0 fully saturated rings. The Labute approximate surface area is 96.0 Å². The molecular weight excluding hydrogens is 208 g/mol. The molecule has 2 amide bonds. The van der Waals surface area contributed by atoms with Gasteiger partial charge in [0.05, 0.1) is 6.42 Å². The summed E-state index contributed by atoms with van der Waals surface area (Å²) in [5, 5.41) is 5.05. The van der Waals surface area contributed by atoms with E-state index in [2.05, 4.69) is 10.6 Å². The summed E-state index contributed by atoms with van der Waals surface area (Å²) < 4.78 is 0. The first kappa shape index (κ1) is 14.6. The van der Waals surface area contributed by atoms with Gasteiger partial charge in [-0.3, -0.25) is 14.4 Å². The Balaban J connectivity index is 4.36. The second-order valence-electron chi connectivity index (χ2n) is 4.24. The molecule has 5 nitrogen and oxygen atoms in total. The number of rotatable bonds is 6. The van der Waals surface area contributed by atoms with Crippen LogP contribution in [0.25, 0.3) is 0 Å². The fourth-order valence-corrected chi connectivity index (χ4v) is 1.35. The van der Waals surface area contributed by atoms with Gasteiger partial charge in [0.1, 0.15) is 11.8 Å². The first-order chi connectivity index (χ1) is 7.36. The maximum Gasteiger partial charge on any atom is 0.242 e. The van der Waals surface area contributed by atoms with Crippen LogP contribution in [0.4, 0.5) is 0 Å². The standard InChI is InChI=1S/C11H20N2O3/c1-7(2)5-9(11(16)12-4)13-10(15)6-8(3)14/h7,9H,5-6H2,1-4H3,(H,12,16)(H,13,15). The zero-order valence-electron chi connectivity index (χ0n) is 10.3. The first-order valence-corrected chi connectivity index (χ1v) is 5.37. The smallest absolute Gasteiger partial charge is 0.242 e. The van der Waals surface area contributed by atoms with Crippen LogP contribution in [-0.2, 0) is 14.4 Å². The fourth-order valence-electron chi connectivity index (χ4n) is 1.35. The van der Waals surface area contributed by atoms with Crippen molar-refractivity contribution in [1.82, 2.24) is 10.6 Å². The molecule has 0 heterocycles. The highest BCUT2D eigenvalue weighted by atomic mass is 16.2. The van der Waals surface area contributed by atoms with Crippen molar-refractivity contribution in [2.24, 2.45) is 5.92 Å². The summed E-state index contributed by atoms with van der Waals surface area (Å²) in [6.07, 6.45) is 0.384. The second-order valence-corrected chi connectivity index (χ2v) is 4.24. The molecule has 0 aromatic rings. The van der Waals surface area contributed by atoms with Crippen molar-refractivity contribution in [2.75, 3.05) is 7.05 Å². The van der Waals surface area contributed by atoms with Gasteiger partial charge in [0.25, 0.3) is 0 Å². The summed E-state index contributed by atoms with van der Waals surface area (Å²) >= 11 is 0. The first-order valence-electron chi connectivity index (χ1n) is 5.37. The average Bonchev–Trinajstić information content (AvgIpc) is 2.13. The van der Waals surface area contributed by atoms with E-state index in [-0.39, 0.29) is 18.1 Å². The minimum Gasteiger partial charge on any atom is -0.357 e. The SMILES string of the molecule is CNC(=O)C(CC(C)C)NC(=O)CC(C)=O. The third-order valence-electron chi connectivity index (χ3n) is 2.01. The molecule has 2 N–H and O–H groups in total. The lowest BCUT2D eigenvalue weighted by molar-refractivity contribution is -0.131. The summed E-state index contributed by atoms with van der Waals surface area (Å²) in [5.74, 6) is -0.551. The van der Waals surface area contributed by atoms with Gasteiger partial charge in [0.2, 0.25) is 11.8 Å². The number of hydrogen-bond acceptors (Lipinski definition) is 3. The molecular formula is C11H20N2O3. The number of likely N-dealkylation sites (N-methyl/N-ethyl adjacent to an activating group) is 1. The molecule has 0 spiro atoms. The molecule has 0 aromatic heterocycles. The lowest BCUT2D eigenvalue weighted by Gasteiger charge is -2.18. The van der Waals surface area contributed by atoms with Crippen LogP contribution in [-0.4, -0.2) is 30.7 Å². The predicted octanol–water partition coefficient (Wildman–Crippen LogP) is 0.242. The molecule has 16 heavy (non-hydrogen) atoms. The van der Waals surface area contributed by atoms with Gasteiger partial charge in [-0.1, -0.05) is 13.8 Å². The van der Waals surface area contributed by atoms with Crippen molar-refractivity contribution in [3.05, 3.63) is 0 Å². The molecule has 0 aliphatic heterocycles. The number of carbonyl (C=O) groups excluding carboxylic acids is 3. The van der Waals surface area contributed by atoms with E-state index < -0.39 is 11.9 Å². The van der Waals surface area contributed by atoms with Crippen molar-refractivity contribution in [3.8, 4) is 0 Å². The Hall–Kier alpha value is -1.39. The number of nitrogens with one attached hydrogen (secondary N) is 2. The van der Waals surface area contributed by atoms with E-state index in [1.54, 1.807) is 0 Å². The van der Waals surface area contributed by atoms with Gasteiger partial charge >= 0.3 is 0 Å². The summed E-state index contributed by atoms with van der Waals surface area (Å²) in [7, 11) is 1.52. The molecule has 0 saturated heterocycles. The van der Waals surface area contributed by atoms with Crippen LogP contribution in [0.15, 0.2) is 0 Å². The van der Waals surface area contributed by atoms with E-state index in [9.17, 15) is 14.4 Å². The lowest BCUT2D eigenvalue weighted by atomic mass is 10.0. The Morgan fingerprint density at radius 2 is 1.75 bits per heavy atom. The van der Waals surface area contributed by atoms with Crippen molar-refractivity contribution in [3.63, 3.8) is 0 Å². The summed E-state index contributed by atoms with van der Waals surface area (Å²) in [6, 6.07) is -0.558. The summed E-state index contributed by atoms with van der Waals surface area (Å²) in [4.78, 5) is 33.5. The van der Waals surface area contributed by atoms with Crippen molar-refractivity contribution in [2.45, 2.75) is 39.7 Å². The molecule has 0 aromatic carbocycles. The Kier molecular flexibility index (Phi) is 6.37. The Bertz CT molecular complexity index is 274. The van der Waals surface area contributed by atoms with Crippen molar-refractivity contribution in [1.29, 1.82) is 0 Å². The van der Waals surface area contributed by atoms with Crippen LogP contribution < -0.4 is 10.6 Å². The molecule has 0 bridgehead atoms. The molecule has 1 atom stereocenters. The number of amides is 2. The van der Waals surface area contributed by atoms with Crippen LogP contribution in [0.1, 0.15) is 33.6 Å². The highest BCUT2D eigenvalue weighted by Crippen LogP contribution is 2.05. The molecule has 0 aliphatic carbocycles.